The van der Waals surface area contributed by atoms with Gasteiger partial charge in [-0.2, -0.15) is 0 Å². The Morgan fingerprint density at radius 2 is 2.15 bits per heavy atom. The van der Waals surface area contributed by atoms with Gasteiger partial charge in [0.15, 0.2) is 0 Å². The Labute approximate surface area is 79.1 Å². The van der Waals surface area contributed by atoms with E-state index in [1.165, 1.54) is 0 Å². The fraction of sp³-hybridized carbons (Fsp3) is 1.00. The van der Waals surface area contributed by atoms with Crippen LogP contribution in [-0.2, 0) is 0 Å². The van der Waals surface area contributed by atoms with E-state index in [0.717, 1.165) is 12.8 Å². The monoisotopic (exact) mass is 187 g/mol. The number of rotatable bonds is 4. The molecule has 13 heavy (non-hydrogen) atoms. The standard InChI is InChI=1S/C8H18BNO3/c1-6-7(8(11)5-10-6)3-2-4-9(12)13/h6-8,10-13H,2-5H2,1H3/t6-,7+,8+/m1/s1. The molecule has 0 radical (unpaired) electrons. The molecule has 3 atom stereocenters. The van der Waals surface area contributed by atoms with E-state index in [1.54, 1.807) is 0 Å². The second-order valence-corrected chi connectivity index (χ2v) is 3.84. The molecule has 4 N–H and O–H groups in total. The summed E-state index contributed by atoms with van der Waals surface area (Å²) in [5.74, 6) is 0.263. The number of aliphatic hydroxyl groups is 1. The van der Waals surface area contributed by atoms with E-state index in [1.807, 2.05) is 0 Å². The molecule has 1 saturated heterocycles. The molecule has 1 heterocycles. The normalized spacial score (nSPS) is 33.7. The summed E-state index contributed by atoms with van der Waals surface area (Å²) in [5.41, 5.74) is 0. The summed E-state index contributed by atoms with van der Waals surface area (Å²) in [4.78, 5) is 0. The van der Waals surface area contributed by atoms with E-state index in [-0.39, 0.29) is 12.0 Å². The van der Waals surface area contributed by atoms with Crippen LogP contribution in [0.3, 0.4) is 0 Å². The predicted octanol–water partition coefficient (Wildman–Crippen LogP) is -0.792. The minimum Gasteiger partial charge on any atom is -0.427 e. The SMILES string of the molecule is C[C@H]1NC[C@H](O)[C@H]1CCCB(O)O. The molecule has 0 aromatic carbocycles. The molecule has 0 aliphatic carbocycles. The maximum Gasteiger partial charge on any atom is 0.451 e. The van der Waals surface area contributed by atoms with Gasteiger partial charge in [0, 0.05) is 18.5 Å². The van der Waals surface area contributed by atoms with Gasteiger partial charge in [0.25, 0.3) is 0 Å². The number of hydrogen-bond acceptors (Lipinski definition) is 4. The maximum absolute atomic E-state index is 9.54. The molecule has 0 amide bonds. The summed E-state index contributed by atoms with van der Waals surface area (Å²) in [7, 11) is -1.21. The van der Waals surface area contributed by atoms with Crippen LogP contribution < -0.4 is 5.32 Å². The first-order valence-electron chi connectivity index (χ1n) is 4.89. The Morgan fingerprint density at radius 1 is 1.46 bits per heavy atom. The van der Waals surface area contributed by atoms with Crippen molar-refractivity contribution in [3.05, 3.63) is 0 Å². The van der Waals surface area contributed by atoms with Gasteiger partial charge in [0.1, 0.15) is 0 Å². The van der Waals surface area contributed by atoms with Crippen molar-refractivity contribution >= 4 is 7.12 Å². The molecule has 0 unspecified atom stereocenters. The molecule has 1 fully saturated rings. The number of hydrogen-bond donors (Lipinski definition) is 4. The highest BCUT2D eigenvalue weighted by Crippen LogP contribution is 2.22. The quantitative estimate of drug-likeness (QED) is 0.435. The van der Waals surface area contributed by atoms with Gasteiger partial charge < -0.3 is 20.5 Å². The van der Waals surface area contributed by atoms with Crippen molar-refractivity contribution in [1.29, 1.82) is 0 Å². The van der Waals surface area contributed by atoms with Gasteiger partial charge in [-0.15, -0.1) is 0 Å². The molecule has 0 spiro atoms. The summed E-state index contributed by atoms with van der Waals surface area (Å²) >= 11 is 0. The summed E-state index contributed by atoms with van der Waals surface area (Å²) < 4.78 is 0. The first-order chi connectivity index (χ1) is 6.11. The van der Waals surface area contributed by atoms with Gasteiger partial charge in [-0.1, -0.05) is 6.42 Å². The van der Waals surface area contributed by atoms with Crippen LogP contribution in [0.15, 0.2) is 0 Å². The summed E-state index contributed by atoms with van der Waals surface area (Å²) in [5, 5.41) is 30.0. The topological polar surface area (TPSA) is 72.7 Å². The van der Waals surface area contributed by atoms with Crippen LogP contribution >= 0.6 is 0 Å². The van der Waals surface area contributed by atoms with Crippen molar-refractivity contribution in [1.82, 2.24) is 5.32 Å². The Balaban J connectivity index is 2.19. The molecule has 1 rings (SSSR count). The highest BCUT2D eigenvalue weighted by molar-refractivity contribution is 6.40. The van der Waals surface area contributed by atoms with Crippen molar-refractivity contribution in [3.8, 4) is 0 Å². The van der Waals surface area contributed by atoms with E-state index >= 15 is 0 Å². The molecule has 1 aliphatic rings. The minimum atomic E-state index is -1.21. The number of aliphatic hydroxyl groups excluding tert-OH is 1. The third-order valence-corrected chi connectivity index (χ3v) is 2.79. The Kier molecular flexibility index (Phi) is 4.19. The van der Waals surface area contributed by atoms with Gasteiger partial charge in [-0.05, 0) is 19.7 Å². The van der Waals surface area contributed by atoms with E-state index < -0.39 is 7.12 Å². The molecule has 1 aliphatic heterocycles. The molecular formula is C8H18BNO3. The van der Waals surface area contributed by atoms with Gasteiger partial charge in [0.05, 0.1) is 6.10 Å². The summed E-state index contributed by atoms with van der Waals surface area (Å²) in [6.07, 6.45) is 1.74. The lowest BCUT2D eigenvalue weighted by Crippen LogP contribution is -2.25. The molecule has 5 heteroatoms. The van der Waals surface area contributed by atoms with Crippen molar-refractivity contribution in [2.45, 2.75) is 38.2 Å². The van der Waals surface area contributed by atoms with Crippen molar-refractivity contribution in [3.63, 3.8) is 0 Å². The van der Waals surface area contributed by atoms with Gasteiger partial charge in [-0.3, -0.25) is 0 Å². The van der Waals surface area contributed by atoms with Gasteiger partial charge in [0.2, 0.25) is 0 Å². The molecule has 4 nitrogen and oxygen atoms in total. The lowest BCUT2D eigenvalue weighted by Gasteiger charge is -2.17. The van der Waals surface area contributed by atoms with Crippen LogP contribution in [0.1, 0.15) is 19.8 Å². The summed E-state index contributed by atoms with van der Waals surface area (Å²) in [6.45, 7) is 2.71. The third kappa shape index (κ3) is 3.27. The zero-order valence-corrected chi connectivity index (χ0v) is 7.98. The molecule has 0 bridgehead atoms. The molecule has 0 aromatic heterocycles. The van der Waals surface area contributed by atoms with E-state index in [4.69, 9.17) is 10.0 Å². The zero-order chi connectivity index (χ0) is 9.84. The molecular weight excluding hydrogens is 169 g/mol. The second kappa shape index (κ2) is 4.95. The van der Waals surface area contributed by atoms with Crippen LogP contribution in [0.25, 0.3) is 0 Å². The highest BCUT2D eigenvalue weighted by atomic mass is 16.4. The second-order valence-electron chi connectivity index (χ2n) is 3.84. The average molecular weight is 187 g/mol. The molecule has 76 valence electrons. The number of nitrogens with one attached hydrogen (secondary N) is 1. The van der Waals surface area contributed by atoms with Crippen molar-refractivity contribution < 1.29 is 15.2 Å². The van der Waals surface area contributed by atoms with E-state index in [9.17, 15) is 5.11 Å². The van der Waals surface area contributed by atoms with Crippen LogP contribution in [0.5, 0.6) is 0 Å². The van der Waals surface area contributed by atoms with Crippen LogP contribution in [0.4, 0.5) is 0 Å². The zero-order valence-electron chi connectivity index (χ0n) is 7.98. The number of β-amino-alcohol motifs (C(OH)–C–C–N with tert-alkyl or cyclic N) is 1. The van der Waals surface area contributed by atoms with Crippen LogP contribution in [0.2, 0.25) is 6.32 Å². The van der Waals surface area contributed by atoms with Gasteiger partial charge >= 0.3 is 7.12 Å². The smallest absolute Gasteiger partial charge is 0.427 e. The molecule has 0 saturated carbocycles. The first kappa shape index (κ1) is 11.0. The fourth-order valence-electron chi connectivity index (χ4n) is 1.92. The lowest BCUT2D eigenvalue weighted by atomic mass is 9.81. The maximum atomic E-state index is 9.54. The fourth-order valence-corrected chi connectivity index (χ4v) is 1.92. The lowest BCUT2D eigenvalue weighted by molar-refractivity contribution is 0.133. The van der Waals surface area contributed by atoms with Crippen LogP contribution in [0, 0.1) is 5.92 Å². The largest absolute Gasteiger partial charge is 0.451 e. The summed E-state index contributed by atoms with van der Waals surface area (Å²) in [6, 6.07) is 0.339. The Morgan fingerprint density at radius 3 is 2.62 bits per heavy atom. The molecule has 0 aromatic rings. The average Bonchev–Trinajstić information content (AvgIpc) is 2.34. The van der Waals surface area contributed by atoms with Crippen LogP contribution in [-0.4, -0.2) is 41.0 Å². The van der Waals surface area contributed by atoms with Crippen molar-refractivity contribution in [2.75, 3.05) is 6.54 Å². The third-order valence-electron chi connectivity index (χ3n) is 2.79. The predicted molar refractivity (Wildman–Crippen MR) is 51.2 cm³/mol. The van der Waals surface area contributed by atoms with E-state index in [0.29, 0.717) is 18.9 Å². The van der Waals surface area contributed by atoms with Gasteiger partial charge in [-0.25, -0.2) is 0 Å². The van der Waals surface area contributed by atoms with E-state index in [2.05, 4.69) is 12.2 Å². The highest BCUT2D eigenvalue weighted by Gasteiger charge is 2.30. The Bertz CT molecular complexity index is 146. The first-order valence-corrected chi connectivity index (χ1v) is 4.89. The van der Waals surface area contributed by atoms with Crippen molar-refractivity contribution in [2.24, 2.45) is 5.92 Å². The minimum absolute atomic E-state index is 0.263. The Hall–Kier alpha value is -0.0951.